The van der Waals surface area contributed by atoms with Gasteiger partial charge >= 0.3 is 6.03 Å². The van der Waals surface area contributed by atoms with Crippen LogP contribution in [0.15, 0.2) is 29.3 Å². The zero-order valence-electron chi connectivity index (χ0n) is 16.2. The van der Waals surface area contributed by atoms with Crippen LogP contribution in [0.5, 0.6) is 5.75 Å². The topological polar surface area (TPSA) is 88.9 Å². The van der Waals surface area contributed by atoms with Crippen molar-refractivity contribution in [1.29, 1.82) is 0 Å². The third kappa shape index (κ3) is 3.59. The highest BCUT2D eigenvalue weighted by Crippen LogP contribution is 2.28. The standard InChI is InChI=1S/C18H24ClN5O4/c1-21(2)17-20-15-14(16(26)23(4)18(27)22(15)3)24(17)9-11(25)10-28-13-8-6-5-7-12(13)19/h5-8,11,14-15,25H,9-10H2,1-4H3. The second-order valence-electron chi connectivity index (χ2n) is 7.02. The molecule has 3 unspecified atom stereocenters. The van der Waals surface area contributed by atoms with Crippen molar-refractivity contribution in [2.75, 3.05) is 41.3 Å². The molecular weight excluding hydrogens is 386 g/mol. The molecule has 0 saturated carbocycles. The number of imide groups is 1. The Balaban J connectivity index is 1.75. The lowest BCUT2D eigenvalue weighted by molar-refractivity contribution is -0.136. The highest BCUT2D eigenvalue weighted by molar-refractivity contribution is 6.32. The van der Waals surface area contributed by atoms with Crippen LogP contribution in [0, 0.1) is 0 Å². The quantitative estimate of drug-likeness (QED) is 0.763. The third-order valence-corrected chi connectivity index (χ3v) is 5.08. The molecule has 1 saturated heterocycles. The largest absolute Gasteiger partial charge is 0.489 e. The van der Waals surface area contributed by atoms with Gasteiger partial charge in [0.25, 0.3) is 5.91 Å². The van der Waals surface area contributed by atoms with Gasteiger partial charge in [-0.2, -0.15) is 0 Å². The second-order valence-corrected chi connectivity index (χ2v) is 7.43. The van der Waals surface area contributed by atoms with Gasteiger partial charge in [0.05, 0.1) is 11.6 Å². The zero-order chi connectivity index (χ0) is 20.6. The monoisotopic (exact) mass is 409 g/mol. The minimum absolute atomic E-state index is 0.00285. The Kier molecular flexibility index (Phi) is 5.66. The van der Waals surface area contributed by atoms with Gasteiger partial charge in [-0.1, -0.05) is 23.7 Å². The van der Waals surface area contributed by atoms with Gasteiger partial charge in [0.15, 0.2) is 18.2 Å². The lowest BCUT2D eigenvalue weighted by Crippen LogP contribution is -2.65. The molecule has 1 aromatic carbocycles. The number of ether oxygens (including phenoxy) is 1. The molecule has 3 amide bonds. The molecule has 9 nitrogen and oxygen atoms in total. The van der Waals surface area contributed by atoms with E-state index in [-0.39, 0.29) is 19.1 Å². The van der Waals surface area contributed by atoms with E-state index in [1.807, 2.05) is 0 Å². The van der Waals surface area contributed by atoms with Crippen molar-refractivity contribution in [2.45, 2.75) is 18.3 Å². The van der Waals surface area contributed by atoms with Crippen LogP contribution in [0.1, 0.15) is 0 Å². The van der Waals surface area contributed by atoms with Crippen molar-refractivity contribution in [3.8, 4) is 5.75 Å². The van der Waals surface area contributed by atoms with Gasteiger partial charge in [-0.05, 0) is 12.1 Å². The maximum absolute atomic E-state index is 12.8. The predicted octanol–water partition coefficient (Wildman–Crippen LogP) is 0.531. The summed E-state index contributed by atoms with van der Waals surface area (Å²) >= 11 is 6.07. The number of urea groups is 1. The molecule has 2 aliphatic heterocycles. The lowest BCUT2D eigenvalue weighted by Gasteiger charge is -2.40. The van der Waals surface area contributed by atoms with Gasteiger partial charge in [-0.15, -0.1) is 0 Å². The van der Waals surface area contributed by atoms with E-state index in [4.69, 9.17) is 16.3 Å². The van der Waals surface area contributed by atoms with Crippen molar-refractivity contribution in [3.05, 3.63) is 29.3 Å². The molecule has 0 aromatic heterocycles. The van der Waals surface area contributed by atoms with E-state index in [1.165, 1.54) is 11.9 Å². The maximum atomic E-state index is 12.8. The van der Waals surface area contributed by atoms with E-state index in [1.54, 1.807) is 55.2 Å². The van der Waals surface area contributed by atoms with E-state index in [0.29, 0.717) is 16.7 Å². The van der Waals surface area contributed by atoms with Crippen LogP contribution in [0.25, 0.3) is 0 Å². The molecule has 2 heterocycles. The van der Waals surface area contributed by atoms with Crippen molar-refractivity contribution < 1.29 is 19.4 Å². The first-order chi connectivity index (χ1) is 13.2. The SMILES string of the molecule is CN(C)C1=NC2C(C(=O)N(C)C(=O)N2C)N1CC(O)COc1ccccc1Cl. The molecule has 2 aliphatic rings. The smallest absolute Gasteiger partial charge is 0.328 e. The molecule has 1 N–H and O–H groups in total. The lowest BCUT2D eigenvalue weighted by atomic mass is 10.1. The molecule has 1 aromatic rings. The van der Waals surface area contributed by atoms with Crippen LogP contribution in [0.4, 0.5) is 4.79 Å². The van der Waals surface area contributed by atoms with Crippen molar-refractivity contribution in [3.63, 3.8) is 0 Å². The predicted molar refractivity (Wildman–Crippen MR) is 104 cm³/mol. The summed E-state index contributed by atoms with van der Waals surface area (Å²) in [6.45, 7) is 0.112. The van der Waals surface area contributed by atoms with Crippen LogP contribution < -0.4 is 4.74 Å². The summed E-state index contributed by atoms with van der Waals surface area (Å²) in [5.41, 5.74) is 0. The minimum atomic E-state index is -0.902. The number of rotatable bonds is 5. The molecule has 0 aliphatic carbocycles. The van der Waals surface area contributed by atoms with E-state index in [9.17, 15) is 14.7 Å². The van der Waals surface area contributed by atoms with Gasteiger partial charge < -0.3 is 24.5 Å². The van der Waals surface area contributed by atoms with Gasteiger partial charge in [-0.25, -0.2) is 9.79 Å². The molecule has 1 fully saturated rings. The Labute approximate surface area is 168 Å². The first-order valence-corrected chi connectivity index (χ1v) is 9.21. The summed E-state index contributed by atoms with van der Waals surface area (Å²) < 4.78 is 5.60. The number of halogens is 1. The molecule has 10 heteroatoms. The summed E-state index contributed by atoms with van der Waals surface area (Å²) in [5.74, 6) is 0.644. The molecule has 28 heavy (non-hydrogen) atoms. The number of hydrogen-bond acceptors (Lipinski definition) is 7. The number of amides is 3. The van der Waals surface area contributed by atoms with Gasteiger partial charge in [0.1, 0.15) is 18.5 Å². The van der Waals surface area contributed by atoms with Gasteiger partial charge in [-0.3, -0.25) is 9.69 Å². The molecule has 0 bridgehead atoms. The summed E-state index contributed by atoms with van der Waals surface area (Å²) in [6, 6.07) is 5.90. The molecular formula is C18H24ClN5O4. The average Bonchev–Trinajstić information content (AvgIpc) is 3.03. The van der Waals surface area contributed by atoms with Crippen molar-refractivity contribution >= 4 is 29.5 Å². The number of aliphatic hydroxyl groups is 1. The summed E-state index contributed by atoms with van der Waals surface area (Å²) in [6.07, 6.45) is -1.54. The van der Waals surface area contributed by atoms with Crippen molar-refractivity contribution in [2.24, 2.45) is 4.99 Å². The molecule has 0 radical (unpaired) electrons. The number of fused-ring (bicyclic) bond motifs is 1. The number of β-amino-alcohol motifs (C(OH)–C–C–N with tert-alkyl or cyclic N) is 1. The Morgan fingerprint density at radius 2 is 1.96 bits per heavy atom. The number of likely N-dealkylation sites (N-methyl/N-ethyl adjacent to an activating group) is 2. The zero-order valence-corrected chi connectivity index (χ0v) is 17.0. The van der Waals surface area contributed by atoms with E-state index in [2.05, 4.69) is 4.99 Å². The highest BCUT2D eigenvalue weighted by Gasteiger charge is 2.51. The number of nitrogens with zero attached hydrogens (tertiary/aromatic N) is 5. The Morgan fingerprint density at radius 1 is 1.29 bits per heavy atom. The average molecular weight is 410 g/mol. The van der Waals surface area contributed by atoms with Gasteiger partial charge in [0.2, 0.25) is 0 Å². The van der Waals surface area contributed by atoms with Gasteiger partial charge in [0, 0.05) is 28.2 Å². The third-order valence-electron chi connectivity index (χ3n) is 4.77. The number of carbonyl (C=O) groups excluding carboxylic acids is 2. The highest BCUT2D eigenvalue weighted by atomic mass is 35.5. The maximum Gasteiger partial charge on any atom is 0.328 e. The number of hydrogen-bond donors (Lipinski definition) is 1. The number of benzene rings is 1. The Morgan fingerprint density at radius 3 is 2.61 bits per heavy atom. The molecule has 152 valence electrons. The number of guanidine groups is 1. The van der Waals surface area contributed by atoms with Crippen molar-refractivity contribution in [1.82, 2.24) is 19.6 Å². The summed E-state index contributed by atoms with van der Waals surface area (Å²) in [5, 5.41) is 11.0. The van der Waals surface area contributed by atoms with Crippen LogP contribution in [0.2, 0.25) is 5.02 Å². The number of aliphatic hydroxyl groups excluding tert-OH is 1. The van der Waals surface area contributed by atoms with Crippen LogP contribution in [-0.4, -0.2) is 102 Å². The number of carbonyl (C=O) groups is 2. The fourth-order valence-electron chi connectivity index (χ4n) is 3.35. The second kappa shape index (κ2) is 7.84. The Hall–Kier alpha value is -2.52. The summed E-state index contributed by atoms with van der Waals surface area (Å²) in [4.78, 5) is 35.5. The van der Waals surface area contributed by atoms with E-state index in [0.717, 1.165) is 4.90 Å². The summed E-state index contributed by atoms with van der Waals surface area (Å²) in [7, 11) is 6.65. The first kappa shape index (κ1) is 20.2. The molecule has 3 rings (SSSR count). The van der Waals surface area contributed by atoms with Crippen LogP contribution >= 0.6 is 11.6 Å². The number of para-hydroxylation sites is 1. The number of aliphatic imine (C=N–C) groups is 1. The van der Waals surface area contributed by atoms with Crippen LogP contribution in [-0.2, 0) is 4.79 Å². The van der Waals surface area contributed by atoms with E-state index >= 15 is 0 Å². The minimum Gasteiger partial charge on any atom is -0.489 e. The fraction of sp³-hybridized carbons (Fsp3) is 0.500. The normalized spacial score (nSPS) is 22.9. The van der Waals surface area contributed by atoms with Crippen LogP contribution in [0.3, 0.4) is 0 Å². The fourth-order valence-corrected chi connectivity index (χ4v) is 3.54. The van der Waals surface area contributed by atoms with E-state index < -0.39 is 24.3 Å². The first-order valence-electron chi connectivity index (χ1n) is 8.84. The molecule has 3 atom stereocenters. The molecule has 0 spiro atoms. The Bertz CT molecular complexity index is 802.